The number of likely N-dealkylation sites (tertiary alicyclic amines) is 1. The highest BCUT2D eigenvalue weighted by Gasteiger charge is 2.32. The van der Waals surface area contributed by atoms with Gasteiger partial charge in [-0.05, 0) is 52.9 Å². The molecule has 4 heteroatoms. The highest BCUT2D eigenvalue weighted by molar-refractivity contribution is 5.68. The van der Waals surface area contributed by atoms with Crippen LogP contribution in [-0.2, 0) is 9.47 Å². The van der Waals surface area contributed by atoms with Gasteiger partial charge in [0.05, 0.1) is 12.7 Å². The summed E-state index contributed by atoms with van der Waals surface area (Å²) in [6, 6.07) is 0.374. The molecule has 0 aromatic heterocycles. The van der Waals surface area contributed by atoms with Crippen LogP contribution < -0.4 is 0 Å². The lowest BCUT2D eigenvalue weighted by Gasteiger charge is -2.28. The number of rotatable bonds is 4. The van der Waals surface area contributed by atoms with E-state index in [2.05, 4.69) is 0 Å². The first-order chi connectivity index (χ1) is 8.46. The second-order valence-corrected chi connectivity index (χ2v) is 6.36. The SMILES string of the molecule is CC(C)(C)OC(=O)N1CCCC1CCCC1CO1. The van der Waals surface area contributed by atoms with E-state index in [0.29, 0.717) is 12.1 Å². The van der Waals surface area contributed by atoms with Crippen LogP contribution in [-0.4, -0.2) is 41.9 Å². The summed E-state index contributed by atoms with van der Waals surface area (Å²) in [4.78, 5) is 14.0. The third-order valence-corrected chi connectivity index (χ3v) is 3.47. The average molecular weight is 255 g/mol. The van der Waals surface area contributed by atoms with E-state index in [1.165, 1.54) is 0 Å². The van der Waals surface area contributed by atoms with Crippen LogP contribution in [0.1, 0.15) is 52.9 Å². The second kappa shape index (κ2) is 5.47. The van der Waals surface area contributed by atoms with Gasteiger partial charge in [-0.25, -0.2) is 4.79 Å². The molecule has 2 fully saturated rings. The van der Waals surface area contributed by atoms with Crippen LogP contribution in [0.4, 0.5) is 4.79 Å². The van der Waals surface area contributed by atoms with Crippen molar-refractivity contribution in [1.82, 2.24) is 4.90 Å². The monoisotopic (exact) mass is 255 g/mol. The van der Waals surface area contributed by atoms with Gasteiger partial charge in [-0.15, -0.1) is 0 Å². The van der Waals surface area contributed by atoms with Gasteiger partial charge < -0.3 is 14.4 Å². The summed E-state index contributed by atoms with van der Waals surface area (Å²) >= 11 is 0. The third-order valence-electron chi connectivity index (χ3n) is 3.47. The van der Waals surface area contributed by atoms with Crippen LogP contribution in [0.5, 0.6) is 0 Å². The van der Waals surface area contributed by atoms with E-state index in [1.54, 1.807) is 0 Å². The third kappa shape index (κ3) is 4.16. The van der Waals surface area contributed by atoms with Gasteiger partial charge in [-0.3, -0.25) is 0 Å². The molecule has 2 unspecified atom stereocenters. The number of hydrogen-bond acceptors (Lipinski definition) is 3. The summed E-state index contributed by atoms with van der Waals surface area (Å²) in [7, 11) is 0. The minimum absolute atomic E-state index is 0.146. The highest BCUT2D eigenvalue weighted by Crippen LogP contribution is 2.26. The van der Waals surface area contributed by atoms with E-state index in [4.69, 9.17) is 9.47 Å². The van der Waals surface area contributed by atoms with Crippen molar-refractivity contribution >= 4 is 6.09 Å². The summed E-state index contributed by atoms with van der Waals surface area (Å²) in [5.74, 6) is 0. The fourth-order valence-electron chi connectivity index (χ4n) is 2.51. The van der Waals surface area contributed by atoms with E-state index in [9.17, 15) is 4.79 Å². The molecule has 0 aromatic carbocycles. The molecule has 2 rings (SSSR count). The zero-order valence-corrected chi connectivity index (χ0v) is 11.8. The predicted octanol–water partition coefficient (Wildman–Crippen LogP) is 2.96. The molecule has 0 bridgehead atoms. The van der Waals surface area contributed by atoms with Gasteiger partial charge in [0.25, 0.3) is 0 Å². The summed E-state index contributed by atoms with van der Waals surface area (Å²) in [6.07, 6.45) is 5.94. The molecule has 0 spiro atoms. The standard InChI is InChI=1S/C14H25NO3/c1-14(2,3)18-13(16)15-9-5-7-11(15)6-4-8-12-10-17-12/h11-12H,4-10H2,1-3H3. The molecule has 4 nitrogen and oxygen atoms in total. The van der Waals surface area contributed by atoms with Gasteiger partial charge in [-0.1, -0.05) is 0 Å². The van der Waals surface area contributed by atoms with Crippen LogP contribution in [0.3, 0.4) is 0 Å². The van der Waals surface area contributed by atoms with Crippen LogP contribution in [0.25, 0.3) is 0 Å². The number of carbonyl (C=O) groups excluding carboxylic acids is 1. The van der Waals surface area contributed by atoms with Gasteiger partial charge in [0.2, 0.25) is 0 Å². The molecule has 2 saturated heterocycles. The number of nitrogens with zero attached hydrogens (tertiary/aromatic N) is 1. The van der Waals surface area contributed by atoms with Crippen LogP contribution in [0.2, 0.25) is 0 Å². The molecule has 2 aliphatic heterocycles. The lowest BCUT2D eigenvalue weighted by atomic mass is 10.1. The molecule has 0 aliphatic carbocycles. The molecule has 1 amide bonds. The fourth-order valence-corrected chi connectivity index (χ4v) is 2.51. The molecule has 18 heavy (non-hydrogen) atoms. The lowest BCUT2D eigenvalue weighted by Crippen LogP contribution is -2.39. The Morgan fingerprint density at radius 3 is 2.72 bits per heavy atom. The maximum absolute atomic E-state index is 12.1. The summed E-state index contributed by atoms with van der Waals surface area (Å²) in [5, 5.41) is 0. The minimum Gasteiger partial charge on any atom is -0.444 e. The Bertz CT molecular complexity index is 294. The summed E-state index contributed by atoms with van der Waals surface area (Å²) < 4.78 is 10.7. The first-order valence-electron chi connectivity index (χ1n) is 7.07. The predicted molar refractivity (Wildman–Crippen MR) is 69.6 cm³/mol. The molecular formula is C14H25NO3. The number of hydrogen-bond donors (Lipinski definition) is 0. The number of carbonyl (C=O) groups is 1. The van der Waals surface area contributed by atoms with Crippen LogP contribution in [0, 0.1) is 0 Å². The van der Waals surface area contributed by atoms with Crippen molar-refractivity contribution < 1.29 is 14.3 Å². The van der Waals surface area contributed by atoms with Crippen molar-refractivity contribution in [2.24, 2.45) is 0 Å². The molecule has 0 N–H and O–H groups in total. The Hall–Kier alpha value is -0.770. The van der Waals surface area contributed by atoms with Crippen molar-refractivity contribution in [3.05, 3.63) is 0 Å². The van der Waals surface area contributed by atoms with Crippen LogP contribution >= 0.6 is 0 Å². The maximum atomic E-state index is 12.1. The average Bonchev–Trinajstić information content (AvgIpc) is 2.92. The van der Waals surface area contributed by atoms with Crippen molar-refractivity contribution in [1.29, 1.82) is 0 Å². The first-order valence-corrected chi connectivity index (χ1v) is 7.07. The van der Waals surface area contributed by atoms with Gasteiger partial charge in [0, 0.05) is 12.6 Å². The normalized spacial score (nSPS) is 27.4. The molecule has 2 atom stereocenters. The second-order valence-electron chi connectivity index (χ2n) is 6.36. The molecule has 2 aliphatic rings. The Balaban J connectivity index is 1.76. The van der Waals surface area contributed by atoms with Crippen LogP contribution in [0.15, 0.2) is 0 Å². The van der Waals surface area contributed by atoms with Crippen molar-refractivity contribution in [3.63, 3.8) is 0 Å². The summed E-state index contributed by atoms with van der Waals surface area (Å²) in [6.45, 7) is 7.53. The largest absolute Gasteiger partial charge is 0.444 e. The first kappa shape index (κ1) is 13.7. The number of ether oxygens (including phenoxy) is 2. The molecule has 0 radical (unpaired) electrons. The zero-order chi connectivity index (χ0) is 13.2. The Kier molecular flexibility index (Phi) is 4.15. The maximum Gasteiger partial charge on any atom is 0.410 e. The summed E-state index contributed by atoms with van der Waals surface area (Å²) in [5.41, 5.74) is -0.397. The van der Waals surface area contributed by atoms with Gasteiger partial charge >= 0.3 is 6.09 Å². The smallest absolute Gasteiger partial charge is 0.410 e. The molecule has 0 aromatic rings. The van der Waals surface area contributed by atoms with E-state index in [1.807, 2.05) is 25.7 Å². The van der Waals surface area contributed by atoms with E-state index in [-0.39, 0.29) is 6.09 Å². The Labute approximate surface area is 110 Å². The quantitative estimate of drug-likeness (QED) is 0.725. The van der Waals surface area contributed by atoms with E-state index in [0.717, 1.165) is 45.3 Å². The minimum atomic E-state index is -0.397. The number of amides is 1. The highest BCUT2D eigenvalue weighted by atomic mass is 16.6. The Morgan fingerprint density at radius 2 is 2.11 bits per heavy atom. The Morgan fingerprint density at radius 1 is 1.39 bits per heavy atom. The fraction of sp³-hybridized carbons (Fsp3) is 0.929. The van der Waals surface area contributed by atoms with Crippen molar-refractivity contribution in [2.75, 3.05) is 13.2 Å². The number of epoxide rings is 1. The molecule has 104 valence electrons. The van der Waals surface area contributed by atoms with Crippen molar-refractivity contribution in [2.45, 2.75) is 70.6 Å². The van der Waals surface area contributed by atoms with Gasteiger partial charge in [-0.2, -0.15) is 0 Å². The van der Waals surface area contributed by atoms with Gasteiger partial charge in [0.15, 0.2) is 0 Å². The zero-order valence-electron chi connectivity index (χ0n) is 11.8. The van der Waals surface area contributed by atoms with Gasteiger partial charge in [0.1, 0.15) is 5.60 Å². The molecule has 2 heterocycles. The topological polar surface area (TPSA) is 42.1 Å². The van der Waals surface area contributed by atoms with E-state index < -0.39 is 5.60 Å². The molecular weight excluding hydrogens is 230 g/mol. The lowest BCUT2D eigenvalue weighted by molar-refractivity contribution is 0.0218. The van der Waals surface area contributed by atoms with Crippen molar-refractivity contribution in [3.8, 4) is 0 Å². The van der Waals surface area contributed by atoms with E-state index >= 15 is 0 Å². The molecule has 0 saturated carbocycles.